The van der Waals surface area contributed by atoms with Crippen LogP contribution in [0.15, 0.2) is 71.5 Å². The summed E-state index contributed by atoms with van der Waals surface area (Å²) in [6, 6.07) is 19.8. The SMILES string of the molecule is CCCCON(C(=O)c1ccccc1)C(Cc1ccccc1)C1CSC=CS1. The van der Waals surface area contributed by atoms with Crippen molar-refractivity contribution in [1.82, 2.24) is 5.06 Å². The summed E-state index contributed by atoms with van der Waals surface area (Å²) in [5, 5.41) is 6.20. The van der Waals surface area contributed by atoms with Crippen LogP contribution in [-0.2, 0) is 11.3 Å². The van der Waals surface area contributed by atoms with Gasteiger partial charge < -0.3 is 0 Å². The van der Waals surface area contributed by atoms with E-state index in [1.54, 1.807) is 28.6 Å². The predicted molar refractivity (Wildman–Crippen MR) is 120 cm³/mol. The first-order valence-corrected chi connectivity index (χ1v) is 11.8. The topological polar surface area (TPSA) is 29.5 Å². The lowest BCUT2D eigenvalue weighted by molar-refractivity contribution is -0.148. The van der Waals surface area contributed by atoms with Crippen LogP contribution >= 0.6 is 23.5 Å². The molecule has 0 radical (unpaired) electrons. The van der Waals surface area contributed by atoms with Gasteiger partial charge in [0.15, 0.2) is 0 Å². The zero-order chi connectivity index (χ0) is 19.6. The second-order valence-electron chi connectivity index (χ2n) is 6.72. The Labute approximate surface area is 176 Å². The second-order valence-corrected chi connectivity index (χ2v) is 8.81. The number of carbonyl (C=O) groups is 1. The molecule has 2 aromatic carbocycles. The third-order valence-corrected chi connectivity index (χ3v) is 7.02. The Hall–Kier alpha value is -1.69. The fourth-order valence-corrected chi connectivity index (χ4v) is 5.34. The van der Waals surface area contributed by atoms with Crippen molar-refractivity contribution in [3.8, 4) is 0 Å². The van der Waals surface area contributed by atoms with Crippen LogP contribution in [-0.4, -0.2) is 34.6 Å². The van der Waals surface area contributed by atoms with Crippen molar-refractivity contribution in [3.05, 3.63) is 82.6 Å². The molecule has 1 amide bonds. The Bertz CT molecular complexity index is 752. The highest BCUT2D eigenvalue weighted by molar-refractivity contribution is 8.09. The van der Waals surface area contributed by atoms with Crippen molar-refractivity contribution < 1.29 is 9.63 Å². The van der Waals surface area contributed by atoms with E-state index < -0.39 is 0 Å². The van der Waals surface area contributed by atoms with Gasteiger partial charge in [-0.1, -0.05) is 61.9 Å². The molecule has 1 aliphatic rings. The number of amides is 1. The lowest BCUT2D eigenvalue weighted by Crippen LogP contribution is -2.48. The van der Waals surface area contributed by atoms with Crippen molar-refractivity contribution >= 4 is 29.4 Å². The first-order valence-electron chi connectivity index (χ1n) is 9.77. The third kappa shape index (κ3) is 5.90. The molecule has 28 heavy (non-hydrogen) atoms. The number of unbranched alkanes of at least 4 members (excludes halogenated alkanes) is 1. The summed E-state index contributed by atoms with van der Waals surface area (Å²) in [7, 11) is 0. The minimum absolute atomic E-state index is 0.0330. The Morgan fingerprint density at radius 2 is 1.82 bits per heavy atom. The molecule has 3 nitrogen and oxygen atoms in total. The Morgan fingerprint density at radius 1 is 1.11 bits per heavy atom. The van der Waals surface area contributed by atoms with Crippen molar-refractivity contribution in [3.63, 3.8) is 0 Å². The molecule has 148 valence electrons. The van der Waals surface area contributed by atoms with Crippen LogP contribution in [0.1, 0.15) is 35.7 Å². The van der Waals surface area contributed by atoms with E-state index >= 15 is 0 Å². The van der Waals surface area contributed by atoms with Gasteiger partial charge in [-0.2, -0.15) is 0 Å². The van der Waals surface area contributed by atoms with E-state index in [1.807, 2.05) is 36.4 Å². The smallest absolute Gasteiger partial charge is 0.270 e. The molecule has 0 N–H and O–H groups in total. The average Bonchev–Trinajstić information content (AvgIpc) is 2.77. The third-order valence-electron chi connectivity index (χ3n) is 4.63. The van der Waals surface area contributed by atoms with Crippen LogP contribution in [0, 0.1) is 0 Å². The van der Waals surface area contributed by atoms with Gasteiger partial charge in [0.25, 0.3) is 5.91 Å². The van der Waals surface area contributed by atoms with Gasteiger partial charge in [-0.3, -0.25) is 9.63 Å². The van der Waals surface area contributed by atoms with Crippen molar-refractivity contribution in [2.75, 3.05) is 12.4 Å². The molecule has 0 aliphatic carbocycles. The summed E-state index contributed by atoms with van der Waals surface area (Å²) < 4.78 is 0. The van der Waals surface area contributed by atoms with Crippen LogP contribution in [0.3, 0.4) is 0 Å². The van der Waals surface area contributed by atoms with Crippen molar-refractivity contribution in [2.45, 2.75) is 37.5 Å². The quantitative estimate of drug-likeness (QED) is 0.384. The highest BCUT2D eigenvalue weighted by Crippen LogP contribution is 2.32. The van der Waals surface area contributed by atoms with Crippen LogP contribution < -0.4 is 0 Å². The molecule has 2 unspecified atom stereocenters. The first-order chi connectivity index (χ1) is 13.8. The van der Waals surface area contributed by atoms with E-state index in [9.17, 15) is 4.79 Å². The molecule has 2 aromatic rings. The second kappa shape index (κ2) is 11.3. The van der Waals surface area contributed by atoms with E-state index in [0.717, 1.165) is 25.0 Å². The number of thioether (sulfide) groups is 2. The van der Waals surface area contributed by atoms with Gasteiger partial charge in [-0.25, -0.2) is 5.06 Å². The normalized spacial score (nSPS) is 17.2. The highest BCUT2D eigenvalue weighted by atomic mass is 32.2. The lowest BCUT2D eigenvalue weighted by atomic mass is 10.0. The maximum absolute atomic E-state index is 13.4. The van der Waals surface area contributed by atoms with Gasteiger partial charge >= 0.3 is 0 Å². The van der Waals surface area contributed by atoms with Gasteiger partial charge in [-0.15, -0.1) is 23.5 Å². The highest BCUT2D eigenvalue weighted by Gasteiger charge is 2.33. The summed E-state index contributed by atoms with van der Waals surface area (Å²) in [5.41, 5.74) is 1.89. The zero-order valence-corrected chi connectivity index (χ0v) is 17.8. The maximum atomic E-state index is 13.4. The van der Waals surface area contributed by atoms with Crippen LogP contribution in [0.5, 0.6) is 0 Å². The molecule has 1 aliphatic heterocycles. The molecule has 3 rings (SSSR count). The van der Waals surface area contributed by atoms with Crippen LogP contribution in [0.25, 0.3) is 0 Å². The minimum Gasteiger partial charge on any atom is -0.270 e. The zero-order valence-electron chi connectivity index (χ0n) is 16.2. The van der Waals surface area contributed by atoms with Crippen LogP contribution in [0.4, 0.5) is 0 Å². The number of rotatable bonds is 9. The molecular formula is C23H27NO2S2. The van der Waals surface area contributed by atoms with E-state index in [2.05, 4.69) is 42.0 Å². The molecule has 1 heterocycles. The number of hydroxylamine groups is 2. The fraction of sp³-hybridized carbons (Fsp3) is 0.348. The molecule has 0 aromatic heterocycles. The van der Waals surface area contributed by atoms with Gasteiger partial charge in [0, 0.05) is 16.6 Å². The first kappa shape index (κ1) is 21.0. The number of hydrogen-bond acceptors (Lipinski definition) is 4. The standard InChI is InChI=1S/C23H27NO2S2/c1-2-3-14-26-24(23(25)20-12-8-5-9-13-20)21(22-18-27-15-16-28-22)17-19-10-6-4-7-11-19/h4-13,15-16,21-22H,2-3,14,17-18H2,1H3. The minimum atomic E-state index is -0.0576. The molecule has 0 saturated carbocycles. The molecule has 0 saturated heterocycles. The largest absolute Gasteiger partial charge is 0.277 e. The fourth-order valence-electron chi connectivity index (χ4n) is 3.10. The Kier molecular flexibility index (Phi) is 8.52. The van der Waals surface area contributed by atoms with Gasteiger partial charge in [0.05, 0.1) is 12.6 Å². The molecule has 5 heteroatoms. The molecule has 0 bridgehead atoms. The molecule has 0 fully saturated rings. The van der Waals surface area contributed by atoms with Gasteiger partial charge in [0.1, 0.15) is 0 Å². The van der Waals surface area contributed by atoms with E-state index in [4.69, 9.17) is 4.84 Å². The lowest BCUT2D eigenvalue weighted by Gasteiger charge is -2.36. The summed E-state index contributed by atoms with van der Waals surface area (Å²) in [6.45, 7) is 2.69. The molecular weight excluding hydrogens is 386 g/mol. The Balaban J connectivity index is 1.89. The summed E-state index contributed by atoms with van der Waals surface area (Å²) in [5.74, 6) is 0.909. The maximum Gasteiger partial charge on any atom is 0.277 e. The van der Waals surface area contributed by atoms with Crippen molar-refractivity contribution in [1.29, 1.82) is 0 Å². The number of hydrogen-bond donors (Lipinski definition) is 0. The van der Waals surface area contributed by atoms with E-state index in [0.29, 0.717) is 12.2 Å². The van der Waals surface area contributed by atoms with Crippen molar-refractivity contribution in [2.24, 2.45) is 0 Å². The number of nitrogens with zero attached hydrogens (tertiary/aromatic N) is 1. The molecule has 0 spiro atoms. The molecule has 2 atom stereocenters. The summed E-state index contributed by atoms with van der Waals surface area (Å²) >= 11 is 3.60. The van der Waals surface area contributed by atoms with E-state index in [1.165, 1.54) is 5.56 Å². The van der Waals surface area contributed by atoms with Gasteiger partial charge in [-0.05, 0) is 41.4 Å². The predicted octanol–water partition coefficient (Wildman–Crippen LogP) is 5.79. The monoisotopic (exact) mass is 413 g/mol. The summed E-state index contributed by atoms with van der Waals surface area (Å²) in [6.07, 6.45) is 2.74. The van der Waals surface area contributed by atoms with E-state index in [-0.39, 0.29) is 17.2 Å². The van der Waals surface area contributed by atoms with Crippen LogP contribution in [0.2, 0.25) is 0 Å². The van der Waals surface area contributed by atoms with Gasteiger partial charge in [0.2, 0.25) is 0 Å². The number of carbonyl (C=O) groups excluding carboxylic acids is 1. The Morgan fingerprint density at radius 3 is 2.46 bits per heavy atom. The summed E-state index contributed by atoms with van der Waals surface area (Å²) in [4.78, 5) is 19.5. The average molecular weight is 414 g/mol. The number of benzene rings is 2.